The summed E-state index contributed by atoms with van der Waals surface area (Å²) in [6.07, 6.45) is 0.581. The van der Waals surface area contributed by atoms with Crippen LogP contribution in [0.2, 0.25) is 0 Å². The van der Waals surface area contributed by atoms with Crippen molar-refractivity contribution < 1.29 is 4.52 Å². The number of nitrogens with two attached hydrogens (primary N) is 1. The van der Waals surface area contributed by atoms with Gasteiger partial charge in [-0.3, -0.25) is 0 Å². The molecule has 0 aliphatic rings. The summed E-state index contributed by atoms with van der Waals surface area (Å²) in [5.74, 6) is 1.10. The molecular formula is C8H10N4OS. The predicted octanol–water partition coefficient (Wildman–Crippen LogP) is 0.884. The molecule has 2 rings (SSSR count). The lowest BCUT2D eigenvalue weighted by molar-refractivity contribution is 0.379. The van der Waals surface area contributed by atoms with Crippen molar-refractivity contribution in [2.24, 2.45) is 5.73 Å². The number of aryl methyl sites for hydroxylation is 1. The summed E-state index contributed by atoms with van der Waals surface area (Å²) < 4.78 is 4.99. The molecule has 2 aromatic rings. The molecule has 2 aromatic heterocycles. The van der Waals surface area contributed by atoms with E-state index < -0.39 is 0 Å². The standard InChI is InChI=1S/C8H10N4OS/c1-5-10-6(4-14-5)2-8-11-7(3-9)12-13-8/h4H,2-3,9H2,1H3. The van der Waals surface area contributed by atoms with Crippen molar-refractivity contribution in [2.75, 3.05) is 0 Å². The summed E-state index contributed by atoms with van der Waals surface area (Å²) in [6, 6.07) is 0. The summed E-state index contributed by atoms with van der Waals surface area (Å²) in [6.45, 7) is 2.27. The third-order valence-electron chi connectivity index (χ3n) is 1.69. The lowest BCUT2D eigenvalue weighted by Crippen LogP contribution is -1.98. The summed E-state index contributed by atoms with van der Waals surface area (Å²) in [5.41, 5.74) is 6.32. The fourth-order valence-corrected chi connectivity index (χ4v) is 1.70. The number of hydrogen-bond acceptors (Lipinski definition) is 6. The molecule has 0 aromatic carbocycles. The molecule has 0 bridgehead atoms. The molecular weight excluding hydrogens is 200 g/mol. The van der Waals surface area contributed by atoms with E-state index in [0.717, 1.165) is 10.7 Å². The molecule has 0 spiro atoms. The molecule has 2 N–H and O–H groups in total. The molecule has 14 heavy (non-hydrogen) atoms. The molecule has 0 unspecified atom stereocenters. The van der Waals surface area contributed by atoms with Gasteiger partial charge < -0.3 is 10.3 Å². The molecule has 2 heterocycles. The average Bonchev–Trinajstić information content (AvgIpc) is 2.76. The van der Waals surface area contributed by atoms with Crippen molar-refractivity contribution in [2.45, 2.75) is 19.9 Å². The topological polar surface area (TPSA) is 77.8 Å². The van der Waals surface area contributed by atoms with Crippen LogP contribution in [0.4, 0.5) is 0 Å². The van der Waals surface area contributed by atoms with E-state index in [1.54, 1.807) is 11.3 Å². The van der Waals surface area contributed by atoms with Crippen LogP contribution in [0.1, 0.15) is 22.4 Å². The fourth-order valence-electron chi connectivity index (χ4n) is 1.09. The van der Waals surface area contributed by atoms with Gasteiger partial charge in [0.05, 0.1) is 23.7 Å². The molecule has 0 radical (unpaired) electrons. The first-order chi connectivity index (χ1) is 6.78. The minimum atomic E-state index is 0.305. The first-order valence-corrected chi connectivity index (χ1v) is 5.08. The van der Waals surface area contributed by atoms with Crippen molar-refractivity contribution >= 4 is 11.3 Å². The van der Waals surface area contributed by atoms with E-state index in [1.165, 1.54) is 0 Å². The van der Waals surface area contributed by atoms with E-state index in [1.807, 2.05) is 12.3 Å². The third-order valence-corrected chi connectivity index (χ3v) is 2.51. The molecule has 0 amide bonds. The van der Waals surface area contributed by atoms with Crippen LogP contribution in [0.15, 0.2) is 9.90 Å². The largest absolute Gasteiger partial charge is 0.339 e. The van der Waals surface area contributed by atoms with Gasteiger partial charge >= 0.3 is 0 Å². The number of rotatable bonds is 3. The first-order valence-electron chi connectivity index (χ1n) is 4.20. The summed E-state index contributed by atoms with van der Waals surface area (Å²) in [4.78, 5) is 8.40. The highest BCUT2D eigenvalue weighted by atomic mass is 32.1. The third kappa shape index (κ3) is 1.97. The summed E-state index contributed by atoms with van der Waals surface area (Å²) in [7, 11) is 0. The Labute approximate surface area is 85.0 Å². The van der Waals surface area contributed by atoms with Crippen molar-refractivity contribution in [3.63, 3.8) is 0 Å². The van der Waals surface area contributed by atoms with E-state index in [2.05, 4.69) is 15.1 Å². The SMILES string of the molecule is Cc1nc(Cc2nc(CN)no2)cs1. The minimum Gasteiger partial charge on any atom is -0.339 e. The van der Waals surface area contributed by atoms with Crippen LogP contribution >= 0.6 is 11.3 Å². The van der Waals surface area contributed by atoms with Gasteiger partial charge in [0, 0.05) is 5.38 Å². The lowest BCUT2D eigenvalue weighted by Gasteiger charge is -1.87. The molecule has 0 saturated heterocycles. The molecule has 0 saturated carbocycles. The second-order valence-electron chi connectivity index (χ2n) is 2.84. The molecule has 74 valence electrons. The first kappa shape index (κ1) is 9.29. The van der Waals surface area contributed by atoms with Gasteiger partial charge in [0.25, 0.3) is 0 Å². The number of thiazole rings is 1. The molecule has 0 aliphatic heterocycles. The van der Waals surface area contributed by atoms with Crippen LogP contribution in [0, 0.1) is 6.92 Å². The van der Waals surface area contributed by atoms with E-state index in [0.29, 0.717) is 24.7 Å². The monoisotopic (exact) mass is 210 g/mol. The smallest absolute Gasteiger partial charge is 0.232 e. The highest BCUT2D eigenvalue weighted by molar-refractivity contribution is 7.09. The Hall–Kier alpha value is -1.27. The highest BCUT2D eigenvalue weighted by Crippen LogP contribution is 2.11. The number of aromatic nitrogens is 3. The Morgan fingerprint density at radius 2 is 2.36 bits per heavy atom. The van der Waals surface area contributed by atoms with Gasteiger partial charge in [-0.05, 0) is 6.92 Å². The van der Waals surface area contributed by atoms with Gasteiger partial charge in [0.2, 0.25) is 5.89 Å². The highest BCUT2D eigenvalue weighted by Gasteiger charge is 2.07. The van der Waals surface area contributed by atoms with Crippen molar-refractivity contribution in [3.8, 4) is 0 Å². The van der Waals surface area contributed by atoms with Crippen LogP contribution in [-0.2, 0) is 13.0 Å². The summed E-state index contributed by atoms with van der Waals surface area (Å²) >= 11 is 1.61. The zero-order valence-corrected chi connectivity index (χ0v) is 8.54. The second kappa shape index (κ2) is 3.85. The lowest BCUT2D eigenvalue weighted by atomic mass is 10.3. The normalized spacial score (nSPS) is 10.7. The van der Waals surface area contributed by atoms with Crippen LogP contribution in [0.3, 0.4) is 0 Å². The zero-order chi connectivity index (χ0) is 9.97. The molecule has 0 atom stereocenters. The minimum absolute atomic E-state index is 0.305. The van der Waals surface area contributed by atoms with Gasteiger partial charge in [0.15, 0.2) is 5.82 Å². The van der Waals surface area contributed by atoms with E-state index in [4.69, 9.17) is 10.3 Å². The Bertz CT molecular complexity index is 422. The van der Waals surface area contributed by atoms with E-state index in [-0.39, 0.29) is 0 Å². The molecule has 0 fully saturated rings. The van der Waals surface area contributed by atoms with Crippen molar-refractivity contribution in [3.05, 3.63) is 27.8 Å². The molecule has 0 aliphatic carbocycles. The van der Waals surface area contributed by atoms with Crippen LogP contribution < -0.4 is 5.73 Å². The van der Waals surface area contributed by atoms with Crippen LogP contribution in [0.5, 0.6) is 0 Å². The molecule has 6 heteroatoms. The van der Waals surface area contributed by atoms with Crippen LogP contribution in [-0.4, -0.2) is 15.1 Å². The van der Waals surface area contributed by atoms with Gasteiger partial charge in [-0.25, -0.2) is 4.98 Å². The number of hydrogen-bond donors (Lipinski definition) is 1. The predicted molar refractivity (Wildman–Crippen MR) is 51.8 cm³/mol. The van der Waals surface area contributed by atoms with Crippen LogP contribution in [0.25, 0.3) is 0 Å². The Morgan fingerprint density at radius 1 is 1.50 bits per heavy atom. The Balaban J connectivity index is 2.10. The quantitative estimate of drug-likeness (QED) is 0.813. The van der Waals surface area contributed by atoms with E-state index >= 15 is 0 Å². The summed E-state index contributed by atoms with van der Waals surface area (Å²) in [5, 5.41) is 6.73. The average molecular weight is 210 g/mol. The number of nitrogens with zero attached hydrogens (tertiary/aromatic N) is 3. The second-order valence-corrected chi connectivity index (χ2v) is 3.91. The molecule has 5 nitrogen and oxygen atoms in total. The van der Waals surface area contributed by atoms with Gasteiger partial charge in [-0.2, -0.15) is 4.98 Å². The van der Waals surface area contributed by atoms with Gasteiger partial charge in [-0.1, -0.05) is 5.16 Å². The maximum Gasteiger partial charge on any atom is 0.232 e. The van der Waals surface area contributed by atoms with Crippen molar-refractivity contribution in [1.29, 1.82) is 0 Å². The zero-order valence-electron chi connectivity index (χ0n) is 7.73. The maximum atomic E-state index is 5.36. The van der Waals surface area contributed by atoms with Gasteiger partial charge in [-0.15, -0.1) is 11.3 Å². The Kier molecular flexibility index (Phi) is 2.55. The Morgan fingerprint density at radius 3 is 2.93 bits per heavy atom. The maximum absolute atomic E-state index is 5.36. The van der Waals surface area contributed by atoms with Crippen molar-refractivity contribution in [1.82, 2.24) is 15.1 Å². The fraction of sp³-hybridized carbons (Fsp3) is 0.375. The van der Waals surface area contributed by atoms with E-state index in [9.17, 15) is 0 Å². The van der Waals surface area contributed by atoms with Gasteiger partial charge in [0.1, 0.15) is 0 Å².